The zero-order valence-corrected chi connectivity index (χ0v) is 16.1. The van der Waals surface area contributed by atoms with Gasteiger partial charge in [0.05, 0.1) is 6.42 Å². The molecule has 29 heavy (non-hydrogen) atoms. The van der Waals surface area contributed by atoms with Crippen molar-refractivity contribution in [3.63, 3.8) is 0 Å². The van der Waals surface area contributed by atoms with Gasteiger partial charge in [-0.25, -0.2) is 0 Å². The van der Waals surface area contributed by atoms with Crippen LogP contribution in [0.3, 0.4) is 0 Å². The summed E-state index contributed by atoms with van der Waals surface area (Å²) in [7, 11) is 1.73. The molecule has 6 nitrogen and oxygen atoms in total. The first kappa shape index (κ1) is 18.7. The highest BCUT2D eigenvalue weighted by atomic mass is 16.2. The summed E-state index contributed by atoms with van der Waals surface area (Å²) in [5.41, 5.74) is 3.81. The van der Waals surface area contributed by atoms with E-state index in [9.17, 15) is 14.4 Å². The second-order valence-electron chi connectivity index (χ2n) is 7.04. The van der Waals surface area contributed by atoms with Crippen LogP contribution in [0, 0.1) is 0 Å². The second kappa shape index (κ2) is 7.75. The molecule has 1 aliphatic heterocycles. The van der Waals surface area contributed by atoms with E-state index >= 15 is 0 Å². The fourth-order valence-electron chi connectivity index (χ4n) is 3.47. The molecule has 1 aliphatic rings. The number of fused-ring (bicyclic) bond motifs is 1. The largest absolute Gasteiger partial charge is 0.352 e. The van der Waals surface area contributed by atoms with E-state index in [1.165, 1.54) is 0 Å². The van der Waals surface area contributed by atoms with E-state index in [0.29, 0.717) is 17.5 Å². The molecule has 0 bridgehead atoms. The van der Waals surface area contributed by atoms with Crippen molar-refractivity contribution in [3.05, 3.63) is 83.7 Å². The minimum absolute atomic E-state index is 0.0275. The summed E-state index contributed by atoms with van der Waals surface area (Å²) in [6.45, 7) is 0.257. The molecule has 0 aliphatic carbocycles. The van der Waals surface area contributed by atoms with Gasteiger partial charge in [0.1, 0.15) is 0 Å². The summed E-state index contributed by atoms with van der Waals surface area (Å²) < 4.78 is 1.96. The zero-order valence-electron chi connectivity index (χ0n) is 16.1. The molecule has 3 aromatic rings. The number of Topliss-reactive ketones (excluding diaryl/α,β-unsaturated/α-hetero) is 1. The van der Waals surface area contributed by atoms with E-state index in [-0.39, 0.29) is 30.6 Å². The van der Waals surface area contributed by atoms with Crippen molar-refractivity contribution in [1.29, 1.82) is 0 Å². The molecule has 2 heterocycles. The number of carbonyl (C=O) groups is 3. The van der Waals surface area contributed by atoms with Gasteiger partial charge in [0, 0.05) is 54.9 Å². The van der Waals surface area contributed by atoms with Crippen molar-refractivity contribution in [2.75, 3.05) is 18.5 Å². The zero-order chi connectivity index (χ0) is 20.4. The normalized spacial score (nSPS) is 12.7. The highest BCUT2D eigenvalue weighted by Gasteiger charge is 2.24. The number of nitrogens with zero attached hydrogens (tertiary/aromatic N) is 2. The van der Waals surface area contributed by atoms with Gasteiger partial charge in [-0.05, 0) is 60.2 Å². The Labute approximate surface area is 168 Å². The Hall–Kier alpha value is -3.67. The first-order valence-electron chi connectivity index (χ1n) is 9.47. The molecular formula is C23H21N3O3. The van der Waals surface area contributed by atoms with Crippen molar-refractivity contribution in [3.8, 4) is 5.69 Å². The minimum Gasteiger partial charge on any atom is -0.352 e. The highest BCUT2D eigenvalue weighted by Crippen LogP contribution is 2.28. The van der Waals surface area contributed by atoms with Gasteiger partial charge in [-0.1, -0.05) is 0 Å². The summed E-state index contributed by atoms with van der Waals surface area (Å²) in [5, 5.41) is 2.79. The molecule has 0 unspecified atom stereocenters. The van der Waals surface area contributed by atoms with Crippen LogP contribution in [-0.2, 0) is 11.2 Å². The van der Waals surface area contributed by atoms with Gasteiger partial charge >= 0.3 is 0 Å². The molecule has 1 aromatic heterocycles. The van der Waals surface area contributed by atoms with Crippen LogP contribution in [-0.4, -0.2) is 35.8 Å². The van der Waals surface area contributed by atoms with E-state index in [1.807, 2.05) is 41.2 Å². The predicted octanol–water partition coefficient (Wildman–Crippen LogP) is 3.00. The van der Waals surface area contributed by atoms with E-state index in [4.69, 9.17) is 0 Å². The molecule has 2 aromatic carbocycles. The van der Waals surface area contributed by atoms with Crippen molar-refractivity contribution < 1.29 is 14.4 Å². The van der Waals surface area contributed by atoms with Gasteiger partial charge in [0.15, 0.2) is 5.78 Å². The third-order valence-electron chi connectivity index (χ3n) is 5.15. The van der Waals surface area contributed by atoms with Crippen LogP contribution in [0.4, 0.5) is 5.69 Å². The van der Waals surface area contributed by atoms with Crippen molar-refractivity contribution >= 4 is 23.3 Å². The number of hydrogen-bond donors (Lipinski definition) is 1. The molecule has 1 N–H and O–H groups in total. The van der Waals surface area contributed by atoms with Crippen LogP contribution >= 0.6 is 0 Å². The number of aromatic nitrogens is 1. The summed E-state index contributed by atoms with van der Waals surface area (Å²) >= 11 is 0. The number of hydrogen-bond acceptors (Lipinski definition) is 3. The lowest BCUT2D eigenvalue weighted by molar-refractivity contribution is -0.117. The van der Waals surface area contributed by atoms with Crippen LogP contribution in [0.2, 0.25) is 0 Å². The number of amides is 2. The van der Waals surface area contributed by atoms with E-state index in [2.05, 4.69) is 5.32 Å². The molecule has 4 rings (SSSR count). The third-order valence-corrected chi connectivity index (χ3v) is 5.15. The average molecular weight is 387 g/mol. The molecule has 0 spiro atoms. The monoisotopic (exact) mass is 387 g/mol. The van der Waals surface area contributed by atoms with Crippen molar-refractivity contribution in [1.82, 2.24) is 9.88 Å². The summed E-state index contributed by atoms with van der Waals surface area (Å²) in [6.07, 6.45) is 4.40. The molecule has 2 amide bonds. The SMILES string of the molecule is CN1C(=O)Cc2cc(C(=O)CCNC(=O)c3ccc(-n4cccc4)cc3)ccc21. The Kier molecular flexibility index (Phi) is 4.99. The van der Waals surface area contributed by atoms with Crippen LogP contribution in [0.15, 0.2) is 67.0 Å². The summed E-state index contributed by atoms with van der Waals surface area (Å²) in [6, 6.07) is 16.5. The topological polar surface area (TPSA) is 71.4 Å². The number of carbonyl (C=O) groups excluding carboxylic acids is 3. The fourth-order valence-corrected chi connectivity index (χ4v) is 3.47. The quantitative estimate of drug-likeness (QED) is 0.661. The Bertz CT molecular complexity index is 1070. The summed E-state index contributed by atoms with van der Waals surface area (Å²) in [5.74, 6) is -0.240. The molecule has 0 saturated heterocycles. The van der Waals surface area contributed by atoms with Gasteiger partial charge in [-0.3, -0.25) is 14.4 Å². The lowest BCUT2D eigenvalue weighted by Gasteiger charge is -2.10. The molecule has 0 fully saturated rings. The number of rotatable bonds is 6. The van der Waals surface area contributed by atoms with Crippen LogP contribution < -0.4 is 10.2 Å². The van der Waals surface area contributed by atoms with Gasteiger partial charge in [0.25, 0.3) is 5.91 Å². The maximum absolute atomic E-state index is 12.4. The van der Waals surface area contributed by atoms with Crippen molar-refractivity contribution in [2.24, 2.45) is 0 Å². The first-order chi connectivity index (χ1) is 14.0. The van der Waals surface area contributed by atoms with Crippen LogP contribution in [0.5, 0.6) is 0 Å². The van der Waals surface area contributed by atoms with Gasteiger partial charge in [-0.2, -0.15) is 0 Å². The first-order valence-corrected chi connectivity index (χ1v) is 9.47. The number of nitrogens with one attached hydrogen (secondary N) is 1. The average Bonchev–Trinajstić information content (AvgIpc) is 3.36. The van der Waals surface area contributed by atoms with Crippen LogP contribution in [0.25, 0.3) is 5.69 Å². The van der Waals surface area contributed by atoms with Crippen molar-refractivity contribution in [2.45, 2.75) is 12.8 Å². The van der Waals surface area contributed by atoms with Gasteiger partial charge in [-0.15, -0.1) is 0 Å². The molecule has 0 atom stereocenters. The molecule has 6 heteroatoms. The smallest absolute Gasteiger partial charge is 0.251 e. The Morgan fingerprint density at radius 2 is 1.69 bits per heavy atom. The maximum atomic E-state index is 12.4. The Balaban J connectivity index is 1.32. The number of likely N-dealkylation sites (N-methyl/N-ethyl adjacent to an activating group) is 1. The lowest BCUT2D eigenvalue weighted by Crippen LogP contribution is -2.26. The standard InChI is InChI=1S/C23H21N3O3/c1-25-20-9-6-17(14-18(20)15-22(25)28)21(27)10-11-24-23(29)16-4-7-19(8-5-16)26-12-2-3-13-26/h2-9,12-14H,10-11,15H2,1H3,(H,24,29). The summed E-state index contributed by atoms with van der Waals surface area (Å²) in [4.78, 5) is 38.1. The Morgan fingerprint density at radius 3 is 2.41 bits per heavy atom. The van der Waals surface area contributed by atoms with Gasteiger partial charge < -0.3 is 14.8 Å². The fraction of sp³-hybridized carbons (Fsp3) is 0.174. The highest BCUT2D eigenvalue weighted by molar-refractivity contribution is 6.03. The van der Waals surface area contributed by atoms with E-state index < -0.39 is 0 Å². The van der Waals surface area contributed by atoms with Crippen LogP contribution in [0.1, 0.15) is 32.7 Å². The predicted molar refractivity (Wildman–Crippen MR) is 111 cm³/mol. The molecule has 0 saturated carbocycles. The molecule has 0 radical (unpaired) electrons. The lowest BCUT2D eigenvalue weighted by atomic mass is 10.0. The number of anilines is 1. The minimum atomic E-state index is -0.210. The second-order valence-corrected chi connectivity index (χ2v) is 7.04. The van der Waals surface area contributed by atoms with E-state index in [1.54, 1.807) is 42.3 Å². The molecule has 146 valence electrons. The molecular weight excluding hydrogens is 366 g/mol. The number of benzene rings is 2. The van der Waals surface area contributed by atoms with Gasteiger partial charge in [0.2, 0.25) is 5.91 Å². The Morgan fingerprint density at radius 1 is 1.00 bits per heavy atom. The number of ketones is 1. The third kappa shape index (κ3) is 3.82. The van der Waals surface area contributed by atoms with E-state index in [0.717, 1.165) is 16.9 Å². The maximum Gasteiger partial charge on any atom is 0.251 e.